The van der Waals surface area contributed by atoms with Gasteiger partial charge >= 0.3 is 0 Å². The molecule has 8 nitrogen and oxygen atoms in total. The van der Waals surface area contributed by atoms with Gasteiger partial charge in [-0.1, -0.05) is 103 Å². The first-order valence-corrected chi connectivity index (χ1v) is 15.6. The second-order valence-electron chi connectivity index (χ2n) is 11.2. The normalized spacial score (nSPS) is 12.6. The highest BCUT2D eigenvalue weighted by molar-refractivity contribution is 5.95. The largest absolute Gasteiger partial charge is 0.493 e. The third-order valence-electron chi connectivity index (χ3n) is 8.03. The lowest BCUT2D eigenvalue weighted by Crippen LogP contribution is -2.39. The molecule has 2 atom stereocenters. The zero-order valence-electron chi connectivity index (χ0n) is 26.0. The van der Waals surface area contributed by atoms with E-state index in [1.165, 1.54) is 0 Å². The number of pyridine rings is 1. The van der Waals surface area contributed by atoms with E-state index in [9.17, 15) is 20.0 Å². The van der Waals surface area contributed by atoms with Gasteiger partial charge in [-0.15, -0.1) is 5.11 Å². The van der Waals surface area contributed by atoms with Gasteiger partial charge in [-0.25, -0.2) is 0 Å². The molecule has 3 rings (SSSR count). The van der Waals surface area contributed by atoms with Crippen molar-refractivity contribution in [3.8, 4) is 23.1 Å². The van der Waals surface area contributed by atoms with Crippen LogP contribution in [0, 0.1) is 23.2 Å². The molecule has 1 aromatic heterocycles. The summed E-state index contributed by atoms with van der Waals surface area (Å²) in [5, 5.41) is 28.9. The van der Waals surface area contributed by atoms with E-state index in [1.54, 1.807) is 48.5 Å². The second-order valence-corrected chi connectivity index (χ2v) is 11.2. The summed E-state index contributed by atoms with van der Waals surface area (Å²) in [6, 6.07) is 17.7. The highest BCUT2D eigenvalue weighted by Gasteiger charge is 2.23. The fourth-order valence-electron chi connectivity index (χ4n) is 5.36. The summed E-state index contributed by atoms with van der Waals surface area (Å²) in [7, 11) is 0. The molecular formula is C35H45N5O3. The van der Waals surface area contributed by atoms with E-state index in [2.05, 4.69) is 42.9 Å². The van der Waals surface area contributed by atoms with E-state index < -0.39 is 11.4 Å². The lowest BCUT2D eigenvalue weighted by Gasteiger charge is -2.31. The fourth-order valence-corrected chi connectivity index (χ4v) is 5.36. The molecule has 0 aliphatic rings. The number of aromatic nitrogens is 1. The Morgan fingerprint density at radius 2 is 1.56 bits per heavy atom. The Morgan fingerprint density at radius 3 is 2.12 bits per heavy atom. The van der Waals surface area contributed by atoms with E-state index in [0.29, 0.717) is 28.7 Å². The van der Waals surface area contributed by atoms with Gasteiger partial charge in [0.25, 0.3) is 11.5 Å². The zero-order chi connectivity index (χ0) is 31.2. The molecule has 0 radical (unpaired) electrons. The number of aromatic amines is 1. The Hall–Kier alpha value is -4.25. The second kappa shape index (κ2) is 17.0. The predicted molar refractivity (Wildman–Crippen MR) is 172 cm³/mol. The van der Waals surface area contributed by atoms with Crippen LogP contribution in [0.5, 0.6) is 5.88 Å². The average Bonchev–Trinajstić information content (AvgIpc) is 3.03. The summed E-state index contributed by atoms with van der Waals surface area (Å²) in [6.45, 7) is 10.3. The average molecular weight is 584 g/mol. The number of azo groups is 1. The van der Waals surface area contributed by atoms with Crippen LogP contribution in [0.4, 0.5) is 11.4 Å². The number of nitrogens with zero attached hydrogens (tertiary/aromatic N) is 4. The summed E-state index contributed by atoms with van der Waals surface area (Å²) in [5.41, 5.74) is 0.796. The number of benzene rings is 2. The molecule has 2 N–H and O–H groups in total. The Morgan fingerprint density at radius 1 is 0.930 bits per heavy atom. The number of amides is 1. The van der Waals surface area contributed by atoms with Crippen molar-refractivity contribution < 1.29 is 9.90 Å². The van der Waals surface area contributed by atoms with Gasteiger partial charge in [-0.3, -0.25) is 14.6 Å². The Balaban J connectivity index is 1.97. The SMILES string of the molecule is CCCCC(CC)CN(CC(CC)CCCC)C(=O)c1cccc(/N=N/c2c(O)[nH]c(=O)c(C#N)c2-c2ccccc2)c1. The minimum Gasteiger partial charge on any atom is -0.493 e. The molecular weight excluding hydrogens is 538 g/mol. The lowest BCUT2D eigenvalue weighted by atomic mass is 9.95. The van der Waals surface area contributed by atoms with Crippen LogP contribution in [0.15, 0.2) is 69.6 Å². The van der Waals surface area contributed by atoms with Crippen molar-refractivity contribution in [2.75, 3.05) is 13.1 Å². The summed E-state index contributed by atoms with van der Waals surface area (Å²) in [6.07, 6.45) is 8.85. The monoisotopic (exact) mass is 583 g/mol. The van der Waals surface area contributed by atoms with Gasteiger partial charge in [0.05, 0.1) is 5.69 Å². The van der Waals surface area contributed by atoms with Gasteiger partial charge in [0.15, 0.2) is 5.69 Å². The van der Waals surface area contributed by atoms with Gasteiger partial charge in [0, 0.05) is 24.2 Å². The molecule has 3 aromatic rings. The lowest BCUT2D eigenvalue weighted by molar-refractivity contribution is 0.0685. The molecule has 0 fully saturated rings. The molecule has 228 valence electrons. The van der Waals surface area contributed by atoms with Gasteiger partial charge in [-0.2, -0.15) is 10.4 Å². The third kappa shape index (κ3) is 9.12. The molecule has 2 unspecified atom stereocenters. The van der Waals surface area contributed by atoms with Gasteiger partial charge in [0.2, 0.25) is 5.88 Å². The fraction of sp³-hybridized carbons (Fsp3) is 0.457. The number of hydrogen-bond acceptors (Lipinski definition) is 6. The summed E-state index contributed by atoms with van der Waals surface area (Å²) in [5.74, 6) is 0.389. The van der Waals surface area contributed by atoms with Crippen molar-refractivity contribution in [1.82, 2.24) is 9.88 Å². The number of nitriles is 1. The van der Waals surface area contributed by atoms with E-state index in [-0.39, 0.29) is 22.7 Å². The van der Waals surface area contributed by atoms with Gasteiger partial charge < -0.3 is 10.0 Å². The van der Waals surface area contributed by atoms with Crippen LogP contribution in [-0.4, -0.2) is 34.0 Å². The third-order valence-corrected chi connectivity index (χ3v) is 8.03. The maximum atomic E-state index is 14.0. The van der Waals surface area contributed by atoms with Crippen LogP contribution in [0.2, 0.25) is 0 Å². The van der Waals surface area contributed by atoms with Crippen molar-refractivity contribution in [1.29, 1.82) is 5.26 Å². The molecule has 0 aliphatic carbocycles. The topological polar surface area (TPSA) is 122 Å². The number of H-pyrrole nitrogens is 1. The molecule has 0 spiro atoms. The Kier molecular flexibility index (Phi) is 13.2. The van der Waals surface area contributed by atoms with Crippen molar-refractivity contribution in [3.63, 3.8) is 0 Å². The molecule has 2 aromatic carbocycles. The quantitative estimate of drug-likeness (QED) is 0.163. The van der Waals surface area contributed by atoms with Crippen LogP contribution >= 0.6 is 0 Å². The zero-order valence-corrected chi connectivity index (χ0v) is 26.0. The summed E-state index contributed by atoms with van der Waals surface area (Å²) in [4.78, 5) is 30.7. The van der Waals surface area contributed by atoms with E-state index in [4.69, 9.17) is 0 Å². The van der Waals surface area contributed by atoms with E-state index in [1.807, 2.05) is 17.0 Å². The van der Waals surface area contributed by atoms with E-state index in [0.717, 1.165) is 64.5 Å². The molecule has 1 amide bonds. The standard InChI is InChI=1S/C35H45N5O3/c1-5-9-15-25(7-3)23-40(24-26(8-4)16-10-6-2)35(43)28-19-14-20-29(21-28)38-39-32-31(27-17-12-11-13-18-27)30(22-36)33(41)37-34(32)42/h11-14,17-21,25-26H,5-10,15-16,23-24H2,1-4H3,(H2,37,41,42)/b39-38+. The van der Waals surface area contributed by atoms with Crippen molar-refractivity contribution in [2.45, 2.75) is 79.1 Å². The van der Waals surface area contributed by atoms with Crippen LogP contribution in [0.1, 0.15) is 95.0 Å². The Bertz CT molecular complexity index is 1440. The van der Waals surface area contributed by atoms with Gasteiger partial charge in [0.1, 0.15) is 11.6 Å². The number of unbranched alkanes of at least 4 members (excludes halogenated alkanes) is 2. The molecule has 1 heterocycles. The summed E-state index contributed by atoms with van der Waals surface area (Å²) >= 11 is 0. The molecule has 0 saturated carbocycles. The van der Waals surface area contributed by atoms with Crippen molar-refractivity contribution in [3.05, 3.63) is 76.1 Å². The summed E-state index contributed by atoms with van der Waals surface area (Å²) < 4.78 is 0. The number of aromatic hydroxyl groups is 1. The molecule has 8 heteroatoms. The molecule has 0 bridgehead atoms. The van der Waals surface area contributed by atoms with Crippen LogP contribution < -0.4 is 5.56 Å². The smallest absolute Gasteiger partial charge is 0.269 e. The maximum Gasteiger partial charge on any atom is 0.269 e. The number of hydrogen-bond donors (Lipinski definition) is 2. The molecule has 43 heavy (non-hydrogen) atoms. The minimum atomic E-state index is -0.709. The van der Waals surface area contributed by atoms with Crippen LogP contribution in [0.25, 0.3) is 11.1 Å². The van der Waals surface area contributed by atoms with Gasteiger partial charge in [-0.05, 0) is 48.4 Å². The minimum absolute atomic E-state index is 0.0226. The highest BCUT2D eigenvalue weighted by Crippen LogP contribution is 2.38. The predicted octanol–water partition coefficient (Wildman–Crippen LogP) is 8.91. The van der Waals surface area contributed by atoms with E-state index >= 15 is 0 Å². The van der Waals surface area contributed by atoms with Crippen molar-refractivity contribution >= 4 is 17.3 Å². The molecule has 0 saturated heterocycles. The Labute approximate surface area is 255 Å². The molecule has 0 aliphatic heterocycles. The van der Waals surface area contributed by atoms with Crippen LogP contribution in [-0.2, 0) is 0 Å². The van der Waals surface area contributed by atoms with Crippen LogP contribution in [0.3, 0.4) is 0 Å². The first-order chi connectivity index (χ1) is 20.9. The number of carbonyl (C=O) groups is 1. The first kappa shape index (κ1) is 33.3. The first-order valence-electron chi connectivity index (χ1n) is 15.6. The number of carbonyl (C=O) groups excluding carboxylic acids is 1. The number of rotatable bonds is 16. The highest BCUT2D eigenvalue weighted by atomic mass is 16.3. The van der Waals surface area contributed by atoms with Crippen molar-refractivity contribution in [2.24, 2.45) is 22.1 Å². The number of nitrogens with one attached hydrogen (secondary N) is 1. The maximum absolute atomic E-state index is 14.0.